The summed E-state index contributed by atoms with van der Waals surface area (Å²) in [5.74, 6) is 0. The Bertz CT molecular complexity index is 727. The Balaban J connectivity index is 2.16. The lowest BCUT2D eigenvalue weighted by atomic mass is 10.2. The average molecular weight is 298 g/mol. The predicted molar refractivity (Wildman–Crippen MR) is 74.9 cm³/mol. The van der Waals surface area contributed by atoms with Crippen molar-refractivity contribution < 1.29 is 8.42 Å². The minimum Gasteiger partial charge on any atom is -0.315 e. The molecular formula is C12H14N2O3S2. The van der Waals surface area contributed by atoms with Gasteiger partial charge in [0.2, 0.25) is 0 Å². The highest BCUT2D eigenvalue weighted by Crippen LogP contribution is 2.16. The molecule has 102 valence electrons. The Hall–Kier alpha value is -1.44. The molecule has 0 bridgehead atoms. The topological polar surface area (TPSA) is 79.0 Å². The molecule has 0 saturated carbocycles. The summed E-state index contributed by atoms with van der Waals surface area (Å²) in [5.41, 5.74) is 2.35. The number of hydrogen-bond acceptors (Lipinski definition) is 4. The minimum absolute atomic E-state index is 0.0459. The molecule has 0 aliphatic carbocycles. The number of hydrogen-bond donors (Lipinski definition) is 2. The van der Waals surface area contributed by atoms with Gasteiger partial charge in [-0.05, 0) is 19.4 Å². The van der Waals surface area contributed by atoms with Crippen LogP contribution in [0.3, 0.4) is 0 Å². The van der Waals surface area contributed by atoms with Crippen molar-refractivity contribution >= 4 is 21.4 Å². The van der Waals surface area contributed by atoms with E-state index in [-0.39, 0.29) is 15.6 Å². The van der Waals surface area contributed by atoms with Crippen molar-refractivity contribution in [2.75, 3.05) is 0 Å². The van der Waals surface area contributed by atoms with Gasteiger partial charge in [0.05, 0.1) is 0 Å². The van der Waals surface area contributed by atoms with Crippen molar-refractivity contribution in [1.82, 2.24) is 9.71 Å². The third-order valence-corrected chi connectivity index (χ3v) is 5.62. The number of benzene rings is 1. The summed E-state index contributed by atoms with van der Waals surface area (Å²) in [6.45, 7) is 3.74. The largest absolute Gasteiger partial charge is 0.315 e. The first-order valence-electron chi connectivity index (χ1n) is 5.63. The van der Waals surface area contributed by atoms with Gasteiger partial charge in [0.1, 0.15) is 0 Å². The van der Waals surface area contributed by atoms with Gasteiger partial charge < -0.3 is 4.98 Å². The molecule has 1 aromatic carbocycles. The molecule has 5 nitrogen and oxygen atoms in total. The van der Waals surface area contributed by atoms with Crippen molar-refractivity contribution in [3.8, 4) is 0 Å². The molecule has 0 radical (unpaired) electrons. The first-order chi connectivity index (χ1) is 8.88. The van der Waals surface area contributed by atoms with Crippen LogP contribution in [-0.2, 0) is 16.6 Å². The molecule has 0 aliphatic rings. The first-order valence-corrected chi connectivity index (χ1v) is 7.93. The first kappa shape index (κ1) is 14.0. The number of H-pyrrole nitrogens is 1. The lowest BCUT2D eigenvalue weighted by Crippen LogP contribution is -2.23. The molecule has 1 heterocycles. The third-order valence-electron chi connectivity index (χ3n) is 2.61. The number of rotatable bonds is 4. The number of thiazole rings is 1. The van der Waals surface area contributed by atoms with Gasteiger partial charge in [0.25, 0.3) is 10.0 Å². The Morgan fingerprint density at radius 2 is 1.84 bits per heavy atom. The number of sulfonamides is 1. The van der Waals surface area contributed by atoms with Crippen LogP contribution in [0, 0.1) is 13.8 Å². The molecule has 0 saturated heterocycles. The zero-order valence-electron chi connectivity index (χ0n) is 10.6. The highest BCUT2D eigenvalue weighted by Gasteiger charge is 2.19. The average Bonchev–Trinajstić information content (AvgIpc) is 2.69. The maximum atomic E-state index is 12.0. The van der Waals surface area contributed by atoms with Crippen molar-refractivity contribution in [3.63, 3.8) is 0 Å². The van der Waals surface area contributed by atoms with Gasteiger partial charge >= 0.3 is 4.87 Å². The minimum atomic E-state index is -3.64. The number of aryl methyl sites for hydroxylation is 2. The SMILES string of the molecule is Cc1ccc(CNS(=O)(=O)c2sc(=O)[nH]c2C)cc1. The highest BCUT2D eigenvalue weighted by atomic mass is 32.2. The van der Waals surface area contributed by atoms with E-state index < -0.39 is 10.0 Å². The summed E-state index contributed by atoms with van der Waals surface area (Å²) >= 11 is 0.697. The molecule has 0 amide bonds. The second-order valence-corrected chi connectivity index (χ2v) is 7.18. The predicted octanol–water partition coefficient (Wildman–Crippen LogP) is 1.53. The van der Waals surface area contributed by atoms with Gasteiger partial charge in [-0.25, -0.2) is 13.1 Å². The molecule has 2 aromatic rings. The van der Waals surface area contributed by atoms with Crippen LogP contribution in [0.2, 0.25) is 0 Å². The molecule has 0 spiro atoms. The fraction of sp³-hybridized carbons (Fsp3) is 0.250. The summed E-state index contributed by atoms with van der Waals surface area (Å²) < 4.78 is 26.6. The van der Waals surface area contributed by atoms with E-state index in [2.05, 4.69) is 9.71 Å². The smallest absolute Gasteiger partial charge is 0.305 e. The lowest BCUT2D eigenvalue weighted by Gasteiger charge is -2.05. The second-order valence-electron chi connectivity index (χ2n) is 4.24. The van der Waals surface area contributed by atoms with E-state index in [4.69, 9.17) is 0 Å². The summed E-state index contributed by atoms with van der Waals surface area (Å²) in [5, 5.41) is 0. The summed E-state index contributed by atoms with van der Waals surface area (Å²) in [7, 11) is -3.64. The lowest BCUT2D eigenvalue weighted by molar-refractivity contribution is 0.582. The highest BCUT2D eigenvalue weighted by molar-refractivity contribution is 7.91. The van der Waals surface area contributed by atoms with Crippen molar-refractivity contribution in [2.24, 2.45) is 0 Å². The molecule has 1 aromatic heterocycles. The fourth-order valence-corrected chi connectivity index (χ4v) is 3.96. The van der Waals surface area contributed by atoms with Crippen LogP contribution in [0.5, 0.6) is 0 Å². The molecule has 0 atom stereocenters. The maximum absolute atomic E-state index is 12.0. The van der Waals surface area contributed by atoms with Gasteiger partial charge in [0.15, 0.2) is 4.21 Å². The van der Waals surface area contributed by atoms with Gasteiger partial charge in [-0.3, -0.25) is 4.79 Å². The van der Waals surface area contributed by atoms with Crippen LogP contribution in [0.4, 0.5) is 0 Å². The van der Waals surface area contributed by atoms with E-state index in [0.29, 0.717) is 17.0 Å². The zero-order valence-corrected chi connectivity index (χ0v) is 12.2. The number of nitrogens with one attached hydrogen (secondary N) is 2. The summed E-state index contributed by atoms with van der Waals surface area (Å²) in [6, 6.07) is 7.57. The number of aromatic nitrogens is 1. The molecule has 2 N–H and O–H groups in total. The van der Waals surface area contributed by atoms with Crippen LogP contribution in [-0.4, -0.2) is 13.4 Å². The van der Waals surface area contributed by atoms with Gasteiger partial charge in [-0.2, -0.15) is 0 Å². The zero-order chi connectivity index (χ0) is 14.0. The Kier molecular flexibility index (Phi) is 3.88. The fourth-order valence-electron chi connectivity index (χ4n) is 1.60. The Morgan fingerprint density at radius 3 is 2.37 bits per heavy atom. The van der Waals surface area contributed by atoms with Crippen LogP contribution in [0.25, 0.3) is 0 Å². The quantitative estimate of drug-likeness (QED) is 0.898. The summed E-state index contributed by atoms with van der Waals surface area (Å²) in [6.07, 6.45) is 0. The third kappa shape index (κ3) is 3.31. The second kappa shape index (κ2) is 5.28. The van der Waals surface area contributed by atoms with Crippen LogP contribution >= 0.6 is 11.3 Å². The molecule has 0 fully saturated rings. The van der Waals surface area contributed by atoms with Crippen molar-refractivity contribution in [1.29, 1.82) is 0 Å². The van der Waals surface area contributed by atoms with E-state index in [9.17, 15) is 13.2 Å². The van der Waals surface area contributed by atoms with Gasteiger partial charge in [-0.15, -0.1) is 0 Å². The molecule has 0 unspecified atom stereocenters. The van der Waals surface area contributed by atoms with E-state index in [1.807, 2.05) is 31.2 Å². The van der Waals surface area contributed by atoms with E-state index in [1.54, 1.807) is 6.92 Å². The molecule has 2 rings (SSSR count). The van der Waals surface area contributed by atoms with E-state index >= 15 is 0 Å². The normalized spacial score (nSPS) is 11.7. The molecule has 7 heteroatoms. The molecular weight excluding hydrogens is 284 g/mol. The van der Waals surface area contributed by atoms with Crippen molar-refractivity contribution in [2.45, 2.75) is 24.6 Å². The maximum Gasteiger partial charge on any atom is 0.305 e. The standard InChI is InChI=1S/C12H14N2O3S2/c1-8-3-5-10(6-4-8)7-13-19(16,17)11-9(2)14-12(15)18-11/h3-6,13H,7H2,1-2H3,(H,14,15). The van der Waals surface area contributed by atoms with Crippen LogP contribution in [0.15, 0.2) is 33.3 Å². The monoisotopic (exact) mass is 298 g/mol. The number of aromatic amines is 1. The Labute approximate surface area is 115 Å². The molecule has 0 aliphatic heterocycles. The van der Waals surface area contributed by atoms with Crippen LogP contribution in [0.1, 0.15) is 16.8 Å². The van der Waals surface area contributed by atoms with Crippen LogP contribution < -0.4 is 9.60 Å². The molecule has 19 heavy (non-hydrogen) atoms. The Morgan fingerprint density at radius 1 is 1.21 bits per heavy atom. The van der Waals surface area contributed by atoms with Crippen molar-refractivity contribution in [3.05, 3.63) is 50.8 Å². The van der Waals surface area contributed by atoms with E-state index in [1.165, 1.54) is 0 Å². The summed E-state index contributed by atoms with van der Waals surface area (Å²) in [4.78, 5) is 13.2. The van der Waals surface area contributed by atoms with Gasteiger partial charge in [-0.1, -0.05) is 41.2 Å². The van der Waals surface area contributed by atoms with E-state index in [0.717, 1.165) is 11.1 Å². The van der Waals surface area contributed by atoms with Gasteiger partial charge in [0, 0.05) is 12.2 Å².